The maximum absolute atomic E-state index is 13.9. The summed E-state index contributed by atoms with van der Waals surface area (Å²) < 4.78 is 11.9. The Bertz CT molecular complexity index is 1260. The molecule has 0 radical (unpaired) electrons. The van der Waals surface area contributed by atoms with E-state index in [1.54, 1.807) is 23.2 Å². The van der Waals surface area contributed by atoms with Crippen LogP contribution in [0.25, 0.3) is 0 Å². The smallest absolute Gasteiger partial charge is 0.255 e. The van der Waals surface area contributed by atoms with Crippen molar-refractivity contribution in [3.8, 4) is 5.75 Å². The van der Waals surface area contributed by atoms with E-state index in [0.717, 1.165) is 30.8 Å². The molecule has 0 aliphatic carbocycles. The number of carbonyl (C=O) groups excluding carboxylic acids is 3. The molecule has 10 heteroatoms. The second kappa shape index (κ2) is 13.3. The Balaban J connectivity index is 1.48. The highest BCUT2D eigenvalue weighted by atomic mass is 16.5. The van der Waals surface area contributed by atoms with E-state index >= 15 is 0 Å². The van der Waals surface area contributed by atoms with Gasteiger partial charge in [-0.1, -0.05) is 40.7 Å². The highest BCUT2D eigenvalue weighted by molar-refractivity contribution is 6.00. The molecule has 0 saturated carbocycles. The van der Waals surface area contributed by atoms with Gasteiger partial charge in [0, 0.05) is 38.1 Å². The van der Waals surface area contributed by atoms with Crippen molar-refractivity contribution in [2.24, 2.45) is 5.92 Å². The summed E-state index contributed by atoms with van der Waals surface area (Å²) >= 11 is 0. The zero-order valence-corrected chi connectivity index (χ0v) is 26.2. The molecule has 3 amide bonds. The van der Waals surface area contributed by atoms with Crippen LogP contribution in [-0.2, 0) is 21.6 Å². The van der Waals surface area contributed by atoms with Gasteiger partial charge in [0.2, 0.25) is 17.7 Å². The van der Waals surface area contributed by atoms with Crippen LogP contribution in [0.1, 0.15) is 81.5 Å². The number of oxazole rings is 1. The first-order chi connectivity index (χ1) is 19.8. The van der Waals surface area contributed by atoms with Crippen molar-refractivity contribution in [1.29, 1.82) is 0 Å². The normalized spacial score (nSPS) is 18.8. The van der Waals surface area contributed by atoms with Gasteiger partial charge in [0.05, 0.1) is 11.8 Å². The minimum Gasteiger partial charge on any atom is -0.483 e. The van der Waals surface area contributed by atoms with E-state index in [-0.39, 0.29) is 29.8 Å². The summed E-state index contributed by atoms with van der Waals surface area (Å²) in [5.41, 5.74) is 1.08. The number of aromatic nitrogens is 1. The molecule has 2 aromatic rings. The zero-order chi connectivity index (χ0) is 30.6. The number of nitrogens with one attached hydrogen (secondary N) is 1. The molecule has 2 aliphatic heterocycles. The number of carbonyl (C=O) groups is 3. The highest BCUT2D eigenvalue weighted by Gasteiger charge is 2.40. The summed E-state index contributed by atoms with van der Waals surface area (Å²) in [5, 5.41) is 2.99. The van der Waals surface area contributed by atoms with Gasteiger partial charge in [-0.25, -0.2) is 4.98 Å². The number of piperazine rings is 1. The Labute approximate surface area is 249 Å². The van der Waals surface area contributed by atoms with Gasteiger partial charge >= 0.3 is 0 Å². The number of nitrogens with zero attached hydrogens (tertiary/aromatic N) is 4. The van der Waals surface area contributed by atoms with Crippen LogP contribution in [0.5, 0.6) is 5.75 Å². The van der Waals surface area contributed by atoms with Gasteiger partial charge in [-0.2, -0.15) is 0 Å². The lowest BCUT2D eigenvalue weighted by Gasteiger charge is -2.36. The maximum Gasteiger partial charge on any atom is 0.255 e. The second-order valence-electron chi connectivity index (χ2n) is 13.1. The van der Waals surface area contributed by atoms with Crippen LogP contribution >= 0.6 is 0 Å². The third kappa shape index (κ3) is 7.70. The van der Waals surface area contributed by atoms with Crippen LogP contribution in [0.3, 0.4) is 0 Å². The molecule has 1 N–H and O–H groups in total. The molecule has 2 aliphatic rings. The number of benzene rings is 1. The molecular weight excluding hydrogens is 534 g/mol. The molecule has 10 nitrogen and oxygen atoms in total. The van der Waals surface area contributed by atoms with Gasteiger partial charge in [-0.05, 0) is 56.8 Å². The standard InChI is InChI=1S/C32H47N5O5/c1-21(2)17-24(30(39)37-12-8-9-25(37)31(40)36-15-13-35(7)14-16-36)34-29(38)23-11-10-22(3)18-26(23)41-20-28-33-19-27(42-28)32(4,5)6/h10-11,18-19,21,24-25H,8-9,12-17,20H2,1-7H3,(H,34,38)/t24-,25-/m1/s1. The van der Waals surface area contributed by atoms with Crippen molar-refractivity contribution in [2.45, 2.75) is 84.9 Å². The Morgan fingerprint density at radius 1 is 1.12 bits per heavy atom. The van der Waals surface area contributed by atoms with E-state index in [1.165, 1.54) is 0 Å². The monoisotopic (exact) mass is 581 g/mol. The van der Waals surface area contributed by atoms with E-state index in [0.29, 0.717) is 49.7 Å². The number of ether oxygens (including phenoxy) is 1. The molecule has 2 atom stereocenters. The molecule has 1 aromatic heterocycles. The predicted molar refractivity (Wildman–Crippen MR) is 160 cm³/mol. The van der Waals surface area contributed by atoms with Crippen molar-refractivity contribution < 1.29 is 23.5 Å². The van der Waals surface area contributed by atoms with Crippen molar-refractivity contribution in [2.75, 3.05) is 39.8 Å². The molecule has 0 unspecified atom stereocenters. The number of likely N-dealkylation sites (tertiary alicyclic amines) is 1. The minimum absolute atomic E-state index is 0.0129. The van der Waals surface area contributed by atoms with Gasteiger partial charge in [0.25, 0.3) is 5.91 Å². The molecule has 230 valence electrons. The van der Waals surface area contributed by atoms with Crippen LogP contribution in [0.15, 0.2) is 28.8 Å². The lowest BCUT2D eigenvalue weighted by atomic mass is 9.94. The van der Waals surface area contributed by atoms with Gasteiger partial charge < -0.3 is 29.2 Å². The first kappa shape index (κ1) is 31.5. The Kier molecular flexibility index (Phi) is 9.97. The molecule has 2 fully saturated rings. The summed E-state index contributed by atoms with van der Waals surface area (Å²) in [6.45, 7) is 15.7. The minimum atomic E-state index is -0.756. The topological polar surface area (TPSA) is 108 Å². The highest BCUT2D eigenvalue weighted by Crippen LogP contribution is 2.26. The van der Waals surface area contributed by atoms with Crippen LogP contribution in [0, 0.1) is 12.8 Å². The first-order valence-corrected chi connectivity index (χ1v) is 15.1. The lowest BCUT2D eigenvalue weighted by Crippen LogP contribution is -2.56. The fraction of sp³-hybridized carbons (Fsp3) is 0.625. The average molecular weight is 582 g/mol. The molecular formula is C32H47N5O5. The second-order valence-corrected chi connectivity index (χ2v) is 13.1. The van der Waals surface area contributed by atoms with Gasteiger partial charge in [-0.15, -0.1) is 0 Å². The number of hydrogen-bond acceptors (Lipinski definition) is 7. The summed E-state index contributed by atoms with van der Waals surface area (Å²) in [4.78, 5) is 51.1. The molecule has 0 spiro atoms. The first-order valence-electron chi connectivity index (χ1n) is 15.1. The van der Waals surface area contributed by atoms with Crippen molar-refractivity contribution in [3.05, 3.63) is 47.2 Å². The average Bonchev–Trinajstić information content (AvgIpc) is 3.61. The molecule has 3 heterocycles. The Hall–Kier alpha value is -3.40. The van der Waals surface area contributed by atoms with E-state index in [9.17, 15) is 14.4 Å². The SMILES string of the molecule is Cc1ccc(C(=O)N[C@H](CC(C)C)C(=O)N2CCC[C@@H]2C(=O)N2CCN(C)CC2)c(OCc2ncc(C(C)(C)C)o2)c1. The maximum atomic E-state index is 13.9. The van der Waals surface area contributed by atoms with Crippen molar-refractivity contribution in [1.82, 2.24) is 25.0 Å². The number of aryl methyl sites for hydroxylation is 1. The van der Waals surface area contributed by atoms with E-state index in [4.69, 9.17) is 9.15 Å². The van der Waals surface area contributed by atoms with Gasteiger partial charge in [0.15, 0.2) is 6.61 Å². The largest absolute Gasteiger partial charge is 0.483 e. The zero-order valence-electron chi connectivity index (χ0n) is 26.2. The Morgan fingerprint density at radius 3 is 2.48 bits per heavy atom. The number of rotatable bonds is 9. The fourth-order valence-electron chi connectivity index (χ4n) is 5.45. The van der Waals surface area contributed by atoms with Gasteiger partial charge in [-0.3, -0.25) is 14.4 Å². The molecule has 2 saturated heterocycles. The summed E-state index contributed by atoms with van der Waals surface area (Å²) in [7, 11) is 2.05. The Morgan fingerprint density at radius 2 is 1.83 bits per heavy atom. The molecule has 1 aromatic carbocycles. The third-order valence-electron chi connectivity index (χ3n) is 7.97. The quantitative estimate of drug-likeness (QED) is 0.480. The summed E-state index contributed by atoms with van der Waals surface area (Å²) in [6, 6.07) is 4.11. The van der Waals surface area contributed by atoms with Crippen LogP contribution in [-0.4, -0.2) is 89.3 Å². The van der Waals surface area contributed by atoms with Crippen LogP contribution < -0.4 is 10.1 Å². The molecule has 42 heavy (non-hydrogen) atoms. The summed E-state index contributed by atoms with van der Waals surface area (Å²) in [6.07, 6.45) is 3.58. The number of hydrogen-bond donors (Lipinski definition) is 1. The van der Waals surface area contributed by atoms with Gasteiger partial charge in [0.1, 0.15) is 23.6 Å². The lowest BCUT2D eigenvalue weighted by molar-refractivity contribution is -0.145. The van der Waals surface area contributed by atoms with Crippen molar-refractivity contribution >= 4 is 17.7 Å². The molecule has 0 bridgehead atoms. The summed E-state index contributed by atoms with van der Waals surface area (Å²) in [5.74, 6) is 1.14. The molecule has 4 rings (SSSR count). The van der Waals surface area contributed by atoms with Crippen LogP contribution in [0.4, 0.5) is 0 Å². The fourth-order valence-corrected chi connectivity index (χ4v) is 5.45. The predicted octanol–water partition coefficient (Wildman–Crippen LogP) is 3.77. The van der Waals surface area contributed by atoms with E-state index in [1.807, 2.05) is 59.6 Å². The number of likely N-dealkylation sites (N-methyl/N-ethyl adjacent to an activating group) is 1. The van der Waals surface area contributed by atoms with Crippen LogP contribution in [0.2, 0.25) is 0 Å². The van der Waals surface area contributed by atoms with E-state index < -0.39 is 18.0 Å². The van der Waals surface area contributed by atoms with E-state index in [2.05, 4.69) is 15.2 Å². The number of amides is 3. The van der Waals surface area contributed by atoms with Crippen molar-refractivity contribution in [3.63, 3.8) is 0 Å². The third-order valence-corrected chi connectivity index (χ3v) is 7.97.